The molecule has 2 aromatic heterocycles. The zero-order chi connectivity index (χ0) is 18.9. The second kappa shape index (κ2) is 7.33. The molecule has 28 heavy (non-hydrogen) atoms. The summed E-state index contributed by atoms with van der Waals surface area (Å²) in [6, 6.07) is 18.0. The molecule has 0 atom stereocenters. The van der Waals surface area contributed by atoms with E-state index in [-0.39, 0.29) is 0 Å². The molecule has 2 aromatic carbocycles. The Morgan fingerprint density at radius 2 is 1.75 bits per heavy atom. The number of fused-ring (bicyclic) bond motifs is 1. The maximum Gasteiger partial charge on any atom is 0.203 e. The Morgan fingerprint density at radius 3 is 2.54 bits per heavy atom. The molecule has 1 aliphatic heterocycles. The Kier molecular flexibility index (Phi) is 4.54. The number of aromatic nitrogens is 4. The Morgan fingerprint density at radius 1 is 1.00 bits per heavy atom. The predicted octanol–water partition coefficient (Wildman–Crippen LogP) is 4.38. The predicted molar refractivity (Wildman–Crippen MR) is 110 cm³/mol. The van der Waals surface area contributed by atoms with E-state index in [1.165, 1.54) is 0 Å². The third kappa shape index (κ3) is 3.27. The molecule has 5 rings (SSSR count). The SMILES string of the molecule is S=c1n(-c2ccccc2)cnn1CN1CCC(c2nc3ccccc3o2)CC1. The second-order valence-corrected chi connectivity index (χ2v) is 7.54. The van der Waals surface area contributed by atoms with Crippen LogP contribution in [0, 0.1) is 4.77 Å². The van der Waals surface area contributed by atoms with Gasteiger partial charge in [-0.25, -0.2) is 9.67 Å². The summed E-state index contributed by atoms with van der Waals surface area (Å²) in [6.07, 6.45) is 3.85. The van der Waals surface area contributed by atoms with Gasteiger partial charge in [0.1, 0.15) is 11.8 Å². The summed E-state index contributed by atoms with van der Waals surface area (Å²) in [4.78, 5) is 7.06. The number of likely N-dealkylation sites (tertiary alicyclic amines) is 1. The highest BCUT2D eigenvalue weighted by Crippen LogP contribution is 2.30. The smallest absolute Gasteiger partial charge is 0.203 e. The fourth-order valence-corrected chi connectivity index (χ4v) is 4.03. The topological polar surface area (TPSA) is 52.0 Å². The van der Waals surface area contributed by atoms with E-state index in [1.54, 1.807) is 6.33 Å². The van der Waals surface area contributed by atoms with Gasteiger partial charge >= 0.3 is 0 Å². The highest BCUT2D eigenvalue weighted by molar-refractivity contribution is 7.71. The monoisotopic (exact) mass is 391 g/mol. The molecule has 0 amide bonds. The second-order valence-electron chi connectivity index (χ2n) is 7.17. The number of nitrogens with zero attached hydrogens (tertiary/aromatic N) is 5. The first-order valence-electron chi connectivity index (χ1n) is 9.55. The molecular weight excluding hydrogens is 370 g/mol. The Balaban J connectivity index is 1.25. The van der Waals surface area contributed by atoms with Crippen LogP contribution in [0.25, 0.3) is 16.8 Å². The summed E-state index contributed by atoms with van der Waals surface area (Å²) in [7, 11) is 0. The van der Waals surface area contributed by atoms with Gasteiger partial charge in [0, 0.05) is 24.7 Å². The minimum Gasteiger partial charge on any atom is -0.440 e. The largest absolute Gasteiger partial charge is 0.440 e. The summed E-state index contributed by atoms with van der Waals surface area (Å²) >= 11 is 5.62. The third-order valence-corrected chi connectivity index (χ3v) is 5.76. The molecule has 0 spiro atoms. The molecule has 0 bridgehead atoms. The maximum absolute atomic E-state index is 5.97. The van der Waals surface area contributed by atoms with E-state index in [9.17, 15) is 0 Å². The lowest BCUT2D eigenvalue weighted by Gasteiger charge is -2.30. The van der Waals surface area contributed by atoms with Crippen LogP contribution in [0.5, 0.6) is 0 Å². The van der Waals surface area contributed by atoms with Gasteiger partial charge in [-0.3, -0.25) is 9.47 Å². The molecule has 3 heterocycles. The van der Waals surface area contributed by atoms with Gasteiger partial charge in [0.15, 0.2) is 11.5 Å². The van der Waals surface area contributed by atoms with Crippen molar-refractivity contribution in [3.8, 4) is 5.69 Å². The fourth-order valence-electron chi connectivity index (χ4n) is 3.78. The van der Waals surface area contributed by atoms with Crippen LogP contribution in [0.4, 0.5) is 0 Å². The summed E-state index contributed by atoms with van der Waals surface area (Å²) in [5, 5.41) is 4.50. The molecule has 1 aliphatic rings. The molecule has 1 saturated heterocycles. The molecule has 0 aliphatic carbocycles. The molecule has 0 radical (unpaired) electrons. The minimum absolute atomic E-state index is 0.374. The van der Waals surface area contributed by atoms with Crippen molar-refractivity contribution in [1.29, 1.82) is 0 Å². The van der Waals surface area contributed by atoms with Crippen LogP contribution in [-0.2, 0) is 6.67 Å². The first kappa shape index (κ1) is 17.3. The molecule has 0 unspecified atom stereocenters. The van der Waals surface area contributed by atoms with Crippen LogP contribution in [0.15, 0.2) is 65.3 Å². The van der Waals surface area contributed by atoms with Crippen molar-refractivity contribution >= 4 is 23.3 Å². The number of para-hydroxylation sites is 3. The summed E-state index contributed by atoms with van der Waals surface area (Å²) in [5.41, 5.74) is 2.85. The van der Waals surface area contributed by atoms with Gasteiger partial charge in [-0.05, 0) is 49.3 Å². The van der Waals surface area contributed by atoms with E-state index >= 15 is 0 Å². The molecule has 4 aromatic rings. The van der Waals surface area contributed by atoms with Gasteiger partial charge in [0.2, 0.25) is 4.77 Å². The zero-order valence-corrected chi connectivity index (χ0v) is 16.3. The molecule has 6 nitrogen and oxygen atoms in total. The molecular formula is C21H21N5OS. The highest BCUT2D eigenvalue weighted by Gasteiger charge is 2.25. The Hall–Kier alpha value is -2.77. The number of hydrogen-bond donors (Lipinski definition) is 0. The maximum atomic E-state index is 5.97. The van der Waals surface area contributed by atoms with Crippen molar-refractivity contribution < 1.29 is 4.42 Å². The number of rotatable bonds is 4. The average Bonchev–Trinajstić information content (AvgIpc) is 3.33. The van der Waals surface area contributed by atoms with Crippen molar-refractivity contribution in [2.45, 2.75) is 25.4 Å². The lowest BCUT2D eigenvalue weighted by Crippen LogP contribution is -2.35. The number of oxazole rings is 1. The Bertz CT molecular complexity index is 1110. The van der Waals surface area contributed by atoms with E-state index in [2.05, 4.69) is 15.0 Å². The van der Waals surface area contributed by atoms with Crippen molar-refractivity contribution in [1.82, 2.24) is 24.2 Å². The van der Waals surface area contributed by atoms with Crippen molar-refractivity contribution in [2.24, 2.45) is 0 Å². The van der Waals surface area contributed by atoms with Gasteiger partial charge in [0.05, 0.1) is 6.67 Å². The number of benzene rings is 2. The normalized spacial score (nSPS) is 16.0. The standard InChI is InChI=1S/C21H21N5OS/c28-21-25(17-6-2-1-3-7-17)14-22-26(21)15-24-12-10-16(11-13-24)20-23-18-8-4-5-9-19(18)27-20/h1-9,14,16H,10-13,15H2. The van der Waals surface area contributed by atoms with E-state index in [0.29, 0.717) is 17.4 Å². The third-order valence-electron chi connectivity index (χ3n) is 5.35. The summed E-state index contributed by atoms with van der Waals surface area (Å²) in [6.45, 7) is 2.66. The van der Waals surface area contributed by atoms with Crippen LogP contribution in [0.2, 0.25) is 0 Å². The van der Waals surface area contributed by atoms with Crippen LogP contribution >= 0.6 is 12.2 Å². The van der Waals surface area contributed by atoms with Gasteiger partial charge in [-0.15, -0.1) is 0 Å². The van der Waals surface area contributed by atoms with Crippen LogP contribution in [-0.4, -0.2) is 37.3 Å². The quantitative estimate of drug-likeness (QED) is 0.483. The van der Waals surface area contributed by atoms with Crippen LogP contribution in [0.3, 0.4) is 0 Å². The molecule has 0 saturated carbocycles. The zero-order valence-electron chi connectivity index (χ0n) is 15.4. The van der Waals surface area contributed by atoms with Gasteiger partial charge in [0.25, 0.3) is 0 Å². The molecule has 7 heteroatoms. The van der Waals surface area contributed by atoms with E-state index in [1.807, 2.05) is 63.8 Å². The average molecular weight is 392 g/mol. The fraction of sp³-hybridized carbons (Fsp3) is 0.286. The lowest BCUT2D eigenvalue weighted by molar-refractivity contribution is 0.153. The molecule has 1 fully saturated rings. The number of hydrogen-bond acceptors (Lipinski definition) is 5. The van der Waals surface area contributed by atoms with Gasteiger partial charge in [-0.1, -0.05) is 30.3 Å². The Labute approximate surface area is 168 Å². The van der Waals surface area contributed by atoms with Crippen LogP contribution in [0.1, 0.15) is 24.7 Å². The highest BCUT2D eigenvalue weighted by atomic mass is 32.1. The summed E-state index contributed by atoms with van der Waals surface area (Å²) in [5.74, 6) is 1.24. The summed E-state index contributed by atoms with van der Waals surface area (Å²) < 4.78 is 10.5. The van der Waals surface area contributed by atoms with E-state index in [0.717, 1.165) is 48.6 Å². The molecule has 142 valence electrons. The lowest BCUT2D eigenvalue weighted by atomic mass is 9.97. The molecule has 0 N–H and O–H groups in total. The van der Waals surface area contributed by atoms with Crippen molar-refractivity contribution in [3.63, 3.8) is 0 Å². The number of piperidine rings is 1. The van der Waals surface area contributed by atoms with Gasteiger partial charge in [-0.2, -0.15) is 5.10 Å². The van der Waals surface area contributed by atoms with E-state index in [4.69, 9.17) is 16.6 Å². The van der Waals surface area contributed by atoms with Crippen molar-refractivity contribution in [3.05, 3.63) is 71.6 Å². The van der Waals surface area contributed by atoms with E-state index < -0.39 is 0 Å². The first-order chi connectivity index (χ1) is 13.8. The van der Waals surface area contributed by atoms with Crippen molar-refractivity contribution in [2.75, 3.05) is 13.1 Å². The van der Waals surface area contributed by atoms with Gasteiger partial charge < -0.3 is 4.42 Å². The minimum atomic E-state index is 0.374. The first-order valence-corrected chi connectivity index (χ1v) is 9.96. The van der Waals surface area contributed by atoms with Crippen LogP contribution < -0.4 is 0 Å².